The topological polar surface area (TPSA) is 108 Å². The highest BCUT2D eigenvalue weighted by molar-refractivity contribution is 6.09. The molecule has 3 N–H and O–H groups in total. The molecule has 0 unspecified atom stereocenters. The maximum atomic E-state index is 13.1. The second-order valence-corrected chi connectivity index (χ2v) is 7.52. The molecule has 2 heterocycles. The van der Waals surface area contributed by atoms with Crippen molar-refractivity contribution in [1.82, 2.24) is 20.5 Å². The van der Waals surface area contributed by atoms with Crippen molar-refractivity contribution in [2.24, 2.45) is 4.99 Å². The number of hydrogen-bond donors (Lipinski definition) is 3. The first-order valence-electron chi connectivity index (χ1n) is 9.04. The van der Waals surface area contributed by atoms with Gasteiger partial charge in [-0.25, -0.2) is 14.4 Å². The molecule has 3 rings (SSSR count). The van der Waals surface area contributed by atoms with Crippen LogP contribution in [0.15, 0.2) is 39.7 Å². The Hall–Kier alpha value is -3.49. The fourth-order valence-electron chi connectivity index (χ4n) is 2.61. The van der Waals surface area contributed by atoms with Crippen molar-refractivity contribution >= 4 is 17.7 Å². The number of halogens is 1. The highest BCUT2D eigenvalue weighted by Crippen LogP contribution is 2.20. The van der Waals surface area contributed by atoms with E-state index < -0.39 is 11.4 Å². The lowest BCUT2D eigenvalue weighted by Crippen LogP contribution is -2.38. The van der Waals surface area contributed by atoms with Crippen molar-refractivity contribution in [3.05, 3.63) is 53.5 Å². The number of nitrogens with zero attached hydrogens (tertiary/aromatic N) is 3. The van der Waals surface area contributed by atoms with Crippen LogP contribution >= 0.6 is 0 Å². The average Bonchev–Trinajstić information content (AvgIpc) is 3.20. The van der Waals surface area contributed by atoms with Crippen molar-refractivity contribution in [3.8, 4) is 11.3 Å². The number of aromatic amines is 1. The zero-order valence-corrected chi connectivity index (χ0v) is 16.9. The van der Waals surface area contributed by atoms with E-state index in [9.17, 15) is 9.18 Å². The van der Waals surface area contributed by atoms with Gasteiger partial charge in [-0.05, 0) is 57.5 Å². The molecular formula is C20H23FN6O2. The summed E-state index contributed by atoms with van der Waals surface area (Å²) in [6.07, 6.45) is 0. The van der Waals surface area contributed by atoms with Crippen LogP contribution in [0, 0.1) is 19.7 Å². The fraction of sp³-hybridized carbons (Fsp3) is 0.300. The molecule has 0 radical (unpaired) electrons. The molecule has 0 bridgehead atoms. The number of aromatic nitrogens is 3. The summed E-state index contributed by atoms with van der Waals surface area (Å²) >= 11 is 0. The molecule has 0 spiro atoms. The van der Waals surface area contributed by atoms with Gasteiger partial charge in [0.1, 0.15) is 11.6 Å². The van der Waals surface area contributed by atoms with Gasteiger partial charge in [-0.2, -0.15) is 5.10 Å². The first-order valence-corrected chi connectivity index (χ1v) is 9.04. The molecule has 0 saturated carbocycles. The number of benzene rings is 1. The number of carbonyl (C=O) groups excluding carboxylic acids is 1. The molecule has 8 nitrogen and oxygen atoms in total. The Labute approximate surface area is 167 Å². The predicted molar refractivity (Wildman–Crippen MR) is 108 cm³/mol. The molecule has 1 amide bonds. The van der Waals surface area contributed by atoms with Crippen LogP contribution in [-0.2, 0) is 0 Å². The molecule has 0 fully saturated rings. The molecule has 9 heteroatoms. The first-order chi connectivity index (χ1) is 13.6. The summed E-state index contributed by atoms with van der Waals surface area (Å²) < 4.78 is 18.4. The number of anilines is 1. The smallest absolute Gasteiger partial charge is 0.280 e. The van der Waals surface area contributed by atoms with Crippen molar-refractivity contribution in [2.45, 2.75) is 40.2 Å². The molecule has 152 valence electrons. The van der Waals surface area contributed by atoms with Gasteiger partial charge >= 0.3 is 0 Å². The third kappa shape index (κ3) is 5.28. The van der Waals surface area contributed by atoms with E-state index in [0.29, 0.717) is 23.2 Å². The summed E-state index contributed by atoms with van der Waals surface area (Å²) in [4.78, 5) is 21.2. The van der Waals surface area contributed by atoms with Crippen LogP contribution in [0.3, 0.4) is 0 Å². The van der Waals surface area contributed by atoms with Crippen LogP contribution in [0.5, 0.6) is 0 Å². The summed E-state index contributed by atoms with van der Waals surface area (Å²) in [5.74, 6) is 0.747. The highest BCUT2D eigenvalue weighted by Gasteiger charge is 2.19. The van der Waals surface area contributed by atoms with Gasteiger partial charge in [0.05, 0.1) is 11.2 Å². The van der Waals surface area contributed by atoms with Crippen LogP contribution < -0.4 is 10.6 Å². The van der Waals surface area contributed by atoms with Gasteiger partial charge in [-0.3, -0.25) is 15.2 Å². The molecule has 1 aromatic carbocycles. The lowest BCUT2D eigenvalue weighted by Gasteiger charge is -2.16. The Morgan fingerprint density at radius 2 is 1.90 bits per heavy atom. The predicted octanol–water partition coefficient (Wildman–Crippen LogP) is 3.82. The summed E-state index contributed by atoms with van der Waals surface area (Å²) in [7, 11) is 0. The second-order valence-electron chi connectivity index (χ2n) is 7.52. The molecular weight excluding hydrogens is 375 g/mol. The Balaban J connectivity index is 1.81. The average molecular weight is 398 g/mol. The van der Waals surface area contributed by atoms with Gasteiger partial charge in [-0.15, -0.1) is 0 Å². The number of aliphatic imine (C=N–C) groups is 1. The Morgan fingerprint density at radius 1 is 1.21 bits per heavy atom. The van der Waals surface area contributed by atoms with Crippen molar-refractivity contribution in [2.75, 3.05) is 5.32 Å². The lowest BCUT2D eigenvalue weighted by molar-refractivity contribution is 0.0971. The van der Waals surface area contributed by atoms with E-state index in [1.807, 2.05) is 20.8 Å². The lowest BCUT2D eigenvalue weighted by atomic mass is 10.1. The SMILES string of the molecule is Cc1nc(C(=O)NC(=NC(C)(C)C)Nc2cc(-c3ccc(F)cc3)[nH]n2)c(C)o1. The number of guanidine groups is 1. The molecule has 29 heavy (non-hydrogen) atoms. The van der Waals surface area contributed by atoms with Gasteiger partial charge in [-0.1, -0.05) is 0 Å². The molecule has 3 aromatic rings. The number of carbonyl (C=O) groups is 1. The van der Waals surface area contributed by atoms with E-state index >= 15 is 0 Å². The summed E-state index contributed by atoms with van der Waals surface area (Å²) in [5, 5.41) is 12.8. The molecule has 0 aliphatic heterocycles. The fourth-order valence-corrected chi connectivity index (χ4v) is 2.61. The van der Waals surface area contributed by atoms with E-state index in [2.05, 4.69) is 30.8 Å². The minimum absolute atomic E-state index is 0.194. The Bertz CT molecular complexity index is 1040. The number of oxazole rings is 1. The van der Waals surface area contributed by atoms with Crippen LogP contribution in [-0.4, -0.2) is 32.6 Å². The molecule has 0 saturated heterocycles. The normalized spacial score (nSPS) is 12.1. The summed E-state index contributed by atoms with van der Waals surface area (Å²) in [6.45, 7) is 9.06. The zero-order valence-electron chi connectivity index (χ0n) is 16.9. The van der Waals surface area contributed by atoms with Crippen LogP contribution in [0.1, 0.15) is 42.9 Å². The van der Waals surface area contributed by atoms with Gasteiger partial charge < -0.3 is 9.73 Å². The standard InChI is InChI=1S/C20H23FN6O2/c1-11-17(22-12(2)29-11)18(28)24-19(25-20(3,4)5)23-16-10-15(26-27-16)13-6-8-14(21)9-7-13/h6-10H,1-5H3,(H3,23,24,25,26,27,28). The number of amides is 1. The number of nitrogens with one attached hydrogen (secondary N) is 3. The minimum Gasteiger partial charge on any atom is -0.445 e. The summed E-state index contributed by atoms with van der Waals surface area (Å²) in [5.41, 5.74) is 1.20. The molecule has 0 aliphatic rings. The Morgan fingerprint density at radius 3 is 2.48 bits per heavy atom. The van der Waals surface area contributed by atoms with Crippen molar-refractivity contribution in [3.63, 3.8) is 0 Å². The van der Waals surface area contributed by atoms with Gasteiger partial charge in [0.25, 0.3) is 5.91 Å². The highest BCUT2D eigenvalue weighted by atomic mass is 19.1. The van der Waals surface area contributed by atoms with Crippen LogP contribution in [0.25, 0.3) is 11.3 Å². The zero-order chi connectivity index (χ0) is 21.2. The first kappa shape index (κ1) is 20.2. The quantitative estimate of drug-likeness (QED) is 0.459. The van der Waals surface area contributed by atoms with Crippen molar-refractivity contribution in [1.29, 1.82) is 0 Å². The van der Waals surface area contributed by atoms with E-state index in [4.69, 9.17) is 4.42 Å². The number of H-pyrrole nitrogens is 1. The van der Waals surface area contributed by atoms with E-state index in [-0.39, 0.29) is 17.5 Å². The number of rotatable bonds is 3. The molecule has 0 aliphatic carbocycles. The number of hydrogen-bond acceptors (Lipinski definition) is 5. The van der Waals surface area contributed by atoms with E-state index in [1.54, 1.807) is 32.0 Å². The molecule has 0 atom stereocenters. The third-order valence-electron chi connectivity index (χ3n) is 3.78. The third-order valence-corrected chi connectivity index (χ3v) is 3.78. The maximum Gasteiger partial charge on any atom is 0.280 e. The molecule has 2 aromatic heterocycles. The Kier molecular flexibility index (Phi) is 5.49. The largest absolute Gasteiger partial charge is 0.445 e. The second kappa shape index (κ2) is 7.86. The van der Waals surface area contributed by atoms with Crippen LogP contribution in [0.4, 0.5) is 10.2 Å². The van der Waals surface area contributed by atoms with Crippen LogP contribution in [0.2, 0.25) is 0 Å². The van der Waals surface area contributed by atoms with E-state index in [0.717, 1.165) is 5.56 Å². The maximum absolute atomic E-state index is 13.1. The summed E-state index contributed by atoms with van der Waals surface area (Å²) in [6, 6.07) is 7.78. The minimum atomic E-state index is -0.458. The van der Waals surface area contributed by atoms with Gasteiger partial charge in [0, 0.05) is 13.0 Å². The van der Waals surface area contributed by atoms with E-state index in [1.165, 1.54) is 12.1 Å². The monoisotopic (exact) mass is 398 g/mol. The van der Waals surface area contributed by atoms with Crippen molar-refractivity contribution < 1.29 is 13.6 Å². The van der Waals surface area contributed by atoms with Gasteiger partial charge in [0.15, 0.2) is 17.4 Å². The van der Waals surface area contributed by atoms with Gasteiger partial charge in [0.2, 0.25) is 5.96 Å². The number of aryl methyl sites for hydroxylation is 2.